The lowest BCUT2D eigenvalue weighted by atomic mass is 10.2. The molecule has 4 N–H and O–H groups in total. The average molecular weight is 466 g/mol. The number of rotatable bonds is 5. The Morgan fingerprint density at radius 1 is 1.15 bits per heavy atom. The standard InChI is InChI=1S/C22H17F3N8O/c1-2-32(19-13(10-26)18(27)30-21(28)31-19)22-29-15-8-4-7-14(23)16(15)20(34)33(22)12-6-3-5-11(9-12)17(24)25/h3-9,17H,2H2,1H3,(H4,27,28,30,31). The van der Waals surface area contributed by atoms with E-state index in [1.807, 2.05) is 6.07 Å². The predicted octanol–water partition coefficient (Wildman–Crippen LogP) is 3.45. The highest BCUT2D eigenvalue weighted by molar-refractivity contribution is 5.81. The molecule has 172 valence electrons. The van der Waals surface area contributed by atoms with Gasteiger partial charge in [0.1, 0.15) is 28.7 Å². The molecule has 12 heteroatoms. The van der Waals surface area contributed by atoms with Crippen molar-refractivity contribution >= 4 is 34.4 Å². The molecule has 0 saturated heterocycles. The molecule has 0 saturated carbocycles. The fourth-order valence-corrected chi connectivity index (χ4v) is 3.56. The fraction of sp³-hybridized carbons (Fsp3) is 0.136. The van der Waals surface area contributed by atoms with Gasteiger partial charge in [-0.05, 0) is 31.2 Å². The van der Waals surface area contributed by atoms with E-state index in [-0.39, 0.29) is 57.8 Å². The van der Waals surface area contributed by atoms with Gasteiger partial charge in [-0.25, -0.2) is 22.7 Å². The summed E-state index contributed by atoms with van der Waals surface area (Å²) in [7, 11) is 0. The van der Waals surface area contributed by atoms with Crippen molar-refractivity contribution in [1.29, 1.82) is 5.26 Å². The second-order valence-corrected chi connectivity index (χ2v) is 7.10. The number of alkyl halides is 2. The average Bonchev–Trinajstić information content (AvgIpc) is 2.79. The summed E-state index contributed by atoms with van der Waals surface area (Å²) in [6, 6.07) is 10.9. The zero-order chi connectivity index (χ0) is 24.6. The van der Waals surface area contributed by atoms with Crippen LogP contribution in [0.15, 0.2) is 47.3 Å². The molecule has 0 aliphatic carbocycles. The van der Waals surface area contributed by atoms with E-state index in [0.717, 1.165) is 16.7 Å². The van der Waals surface area contributed by atoms with Crippen LogP contribution in [0.5, 0.6) is 0 Å². The smallest absolute Gasteiger partial charge is 0.270 e. The second-order valence-electron chi connectivity index (χ2n) is 7.10. The number of benzene rings is 2. The highest BCUT2D eigenvalue weighted by Crippen LogP contribution is 2.31. The third kappa shape index (κ3) is 3.73. The Morgan fingerprint density at radius 3 is 2.56 bits per heavy atom. The minimum absolute atomic E-state index is 0.0161. The molecule has 0 fully saturated rings. The Bertz CT molecular complexity index is 1510. The van der Waals surface area contributed by atoms with Gasteiger partial charge in [0.05, 0.1) is 11.2 Å². The Labute approximate surface area is 190 Å². The molecule has 0 aliphatic rings. The zero-order valence-electron chi connectivity index (χ0n) is 17.7. The highest BCUT2D eigenvalue weighted by Gasteiger charge is 2.25. The number of anilines is 4. The van der Waals surface area contributed by atoms with E-state index < -0.39 is 17.8 Å². The van der Waals surface area contributed by atoms with Gasteiger partial charge >= 0.3 is 0 Å². The van der Waals surface area contributed by atoms with Gasteiger partial charge in [0.25, 0.3) is 12.0 Å². The first-order valence-corrected chi connectivity index (χ1v) is 9.97. The lowest BCUT2D eigenvalue weighted by Crippen LogP contribution is -2.31. The lowest BCUT2D eigenvalue weighted by molar-refractivity contribution is 0.151. The van der Waals surface area contributed by atoms with Gasteiger partial charge in [-0.3, -0.25) is 9.69 Å². The van der Waals surface area contributed by atoms with E-state index in [2.05, 4.69) is 15.0 Å². The number of nitrogens with zero attached hydrogens (tertiary/aromatic N) is 6. The van der Waals surface area contributed by atoms with Crippen LogP contribution in [0.25, 0.3) is 16.6 Å². The molecule has 2 heterocycles. The summed E-state index contributed by atoms with van der Waals surface area (Å²) < 4.78 is 42.4. The number of nitriles is 1. The van der Waals surface area contributed by atoms with Crippen molar-refractivity contribution in [2.75, 3.05) is 22.9 Å². The molecule has 0 spiro atoms. The number of nitrogen functional groups attached to an aromatic ring is 2. The minimum Gasteiger partial charge on any atom is -0.382 e. The lowest BCUT2D eigenvalue weighted by Gasteiger charge is -2.26. The summed E-state index contributed by atoms with van der Waals surface area (Å²) in [6.45, 7) is 1.78. The van der Waals surface area contributed by atoms with Crippen LogP contribution in [-0.2, 0) is 0 Å². The zero-order valence-corrected chi connectivity index (χ0v) is 17.7. The van der Waals surface area contributed by atoms with Crippen LogP contribution in [0.4, 0.5) is 36.7 Å². The predicted molar refractivity (Wildman–Crippen MR) is 121 cm³/mol. The van der Waals surface area contributed by atoms with Crippen molar-refractivity contribution in [3.63, 3.8) is 0 Å². The molecule has 0 radical (unpaired) electrons. The molecule has 0 aliphatic heterocycles. The Kier molecular flexibility index (Phi) is 5.77. The summed E-state index contributed by atoms with van der Waals surface area (Å²) in [5, 5.41) is 9.30. The Balaban J connectivity index is 2.13. The molecule has 0 atom stereocenters. The summed E-state index contributed by atoms with van der Waals surface area (Å²) in [6.07, 6.45) is -2.81. The van der Waals surface area contributed by atoms with Gasteiger partial charge in [-0.2, -0.15) is 15.2 Å². The maximum Gasteiger partial charge on any atom is 0.270 e. The monoisotopic (exact) mass is 466 g/mol. The molecule has 9 nitrogen and oxygen atoms in total. The molecular weight excluding hydrogens is 449 g/mol. The number of hydrogen-bond acceptors (Lipinski definition) is 8. The SMILES string of the molecule is CCN(c1nc(N)nc(N)c1C#N)c1nc2cccc(F)c2c(=O)n1-c1cccc(C(F)F)c1. The first kappa shape index (κ1) is 22.5. The molecule has 0 amide bonds. The molecule has 0 bridgehead atoms. The normalized spacial score (nSPS) is 11.1. The number of halogens is 3. The fourth-order valence-electron chi connectivity index (χ4n) is 3.56. The van der Waals surface area contributed by atoms with Crippen molar-refractivity contribution in [3.8, 4) is 11.8 Å². The van der Waals surface area contributed by atoms with Gasteiger partial charge in [-0.1, -0.05) is 18.2 Å². The summed E-state index contributed by atoms with van der Waals surface area (Å²) >= 11 is 0. The Morgan fingerprint density at radius 2 is 1.88 bits per heavy atom. The maximum atomic E-state index is 14.6. The van der Waals surface area contributed by atoms with Crippen molar-refractivity contribution in [2.24, 2.45) is 0 Å². The molecule has 4 rings (SSSR count). The van der Waals surface area contributed by atoms with E-state index in [1.54, 1.807) is 6.92 Å². The van der Waals surface area contributed by atoms with Gasteiger partial charge in [0, 0.05) is 12.1 Å². The second kappa shape index (κ2) is 8.70. The topological polar surface area (TPSA) is 140 Å². The maximum absolute atomic E-state index is 14.6. The van der Waals surface area contributed by atoms with Crippen molar-refractivity contribution in [3.05, 3.63) is 69.8 Å². The molecule has 2 aromatic heterocycles. The number of aromatic nitrogens is 4. The molecular formula is C22H17F3N8O. The van der Waals surface area contributed by atoms with E-state index >= 15 is 0 Å². The third-order valence-electron chi connectivity index (χ3n) is 5.07. The van der Waals surface area contributed by atoms with Crippen LogP contribution in [0.3, 0.4) is 0 Å². The molecule has 34 heavy (non-hydrogen) atoms. The van der Waals surface area contributed by atoms with E-state index in [4.69, 9.17) is 11.5 Å². The van der Waals surface area contributed by atoms with Gasteiger partial charge in [0.15, 0.2) is 5.82 Å². The van der Waals surface area contributed by atoms with Crippen LogP contribution in [0.2, 0.25) is 0 Å². The number of fused-ring (bicyclic) bond motifs is 1. The van der Waals surface area contributed by atoms with Gasteiger partial charge in [0.2, 0.25) is 11.9 Å². The molecule has 0 unspecified atom stereocenters. The minimum atomic E-state index is -2.81. The van der Waals surface area contributed by atoms with Crippen LogP contribution in [0, 0.1) is 17.1 Å². The number of nitrogens with two attached hydrogens (primary N) is 2. The molecule has 4 aromatic rings. The first-order valence-electron chi connectivity index (χ1n) is 9.97. The first-order chi connectivity index (χ1) is 16.3. The van der Waals surface area contributed by atoms with Gasteiger partial charge in [-0.15, -0.1) is 0 Å². The van der Waals surface area contributed by atoms with Gasteiger partial charge < -0.3 is 11.5 Å². The largest absolute Gasteiger partial charge is 0.382 e. The van der Waals surface area contributed by atoms with Crippen molar-refractivity contribution in [2.45, 2.75) is 13.3 Å². The highest BCUT2D eigenvalue weighted by atomic mass is 19.3. The van der Waals surface area contributed by atoms with Crippen LogP contribution >= 0.6 is 0 Å². The van der Waals surface area contributed by atoms with Crippen molar-refractivity contribution < 1.29 is 13.2 Å². The van der Waals surface area contributed by atoms with E-state index in [0.29, 0.717) is 0 Å². The molecule has 2 aromatic carbocycles. The Hall–Kier alpha value is -4.66. The number of hydrogen-bond donors (Lipinski definition) is 2. The van der Waals surface area contributed by atoms with Crippen LogP contribution < -0.4 is 21.9 Å². The van der Waals surface area contributed by atoms with Crippen LogP contribution in [-0.4, -0.2) is 26.1 Å². The van der Waals surface area contributed by atoms with E-state index in [9.17, 15) is 23.2 Å². The van der Waals surface area contributed by atoms with E-state index in [1.165, 1.54) is 35.2 Å². The van der Waals surface area contributed by atoms with Crippen molar-refractivity contribution in [1.82, 2.24) is 19.5 Å². The quantitative estimate of drug-likeness (QED) is 0.456. The van der Waals surface area contributed by atoms with Crippen LogP contribution in [0.1, 0.15) is 24.5 Å². The summed E-state index contributed by atoms with van der Waals surface area (Å²) in [5.41, 5.74) is 10.3. The summed E-state index contributed by atoms with van der Waals surface area (Å²) in [4.78, 5) is 27.2. The third-order valence-corrected chi connectivity index (χ3v) is 5.07. The summed E-state index contributed by atoms with van der Waals surface area (Å²) in [5.74, 6) is -1.40.